The van der Waals surface area contributed by atoms with Crippen LogP contribution < -0.4 is 10.6 Å². The SMILES string of the molecule is CC(C)(C)C[C@@H]1N[C@H](OC(=O)NCC[C@@H](O)CO)[C@H](c2cccc(Cl)c2)[C@@]1(C#N)c1ccc(Cl)cc1. The fourth-order valence-electron chi connectivity index (χ4n) is 4.86. The van der Waals surface area contributed by atoms with Gasteiger partial charge in [0.2, 0.25) is 0 Å². The number of aliphatic hydroxyl groups excluding tert-OH is 2. The predicted molar refractivity (Wildman–Crippen MR) is 140 cm³/mol. The van der Waals surface area contributed by atoms with Gasteiger partial charge < -0.3 is 20.3 Å². The number of aliphatic hydroxyl groups is 2. The summed E-state index contributed by atoms with van der Waals surface area (Å²) in [5.74, 6) is -0.580. The Kier molecular flexibility index (Phi) is 9.26. The van der Waals surface area contributed by atoms with Crippen LogP contribution in [-0.2, 0) is 10.2 Å². The van der Waals surface area contributed by atoms with Gasteiger partial charge in [0.05, 0.1) is 24.7 Å². The molecule has 1 saturated heterocycles. The molecule has 194 valence electrons. The van der Waals surface area contributed by atoms with Crippen LogP contribution in [0.5, 0.6) is 0 Å². The smallest absolute Gasteiger partial charge is 0.408 e. The molecule has 0 unspecified atom stereocenters. The van der Waals surface area contributed by atoms with Crippen molar-refractivity contribution in [1.82, 2.24) is 10.6 Å². The van der Waals surface area contributed by atoms with Crippen LogP contribution >= 0.6 is 23.2 Å². The summed E-state index contributed by atoms with van der Waals surface area (Å²) in [4.78, 5) is 12.7. The van der Waals surface area contributed by atoms with Crippen molar-refractivity contribution < 1.29 is 19.7 Å². The number of halogens is 2. The minimum absolute atomic E-state index is 0.126. The molecule has 0 aliphatic carbocycles. The van der Waals surface area contributed by atoms with Gasteiger partial charge in [0.1, 0.15) is 5.41 Å². The summed E-state index contributed by atoms with van der Waals surface area (Å²) in [6.07, 6.45) is -1.65. The van der Waals surface area contributed by atoms with E-state index in [0.29, 0.717) is 16.5 Å². The molecule has 0 spiro atoms. The van der Waals surface area contributed by atoms with Gasteiger partial charge in [0, 0.05) is 22.6 Å². The van der Waals surface area contributed by atoms with Gasteiger partial charge in [0.25, 0.3) is 0 Å². The first kappa shape index (κ1) is 28.2. The number of ether oxygens (including phenoxy) is 1. The molecule has 9 heteroatoms. The number of nitrogens with zero attached hydrogens (tertiary/aromatic N) is 1. The Morgan fingerprint density at radius 2 is 1.92 bits per heavy atom. The molecule has 7 nitrogen and oxygen atoms in total. The number of amides is 1. The lowest BCUT2D eigenvalue weighted by Gasteiger charge is -2.37. The summed E-state index contributed by atoms with van der Waals surface area (Å²) >= 11 is 12.5. The number of carbonyl (C=O) groups is 1. The summed E-state index contributed by atoms with van der Waals surface area (Å²) in [6, 6.07) is 16.7. The van der Waals surface area contributed by atoms with E-state index in [2.05, 4.69) is 37.5 Å². The molecule has 0 aromatic heterocycles. The number of rotatable bonds is 8. The highest BCUT2D eigenvalue weighted by atomic mass is 35.5. The third kappa shape index (κ3) is 6.50. The summed E-state index contributed by atoms with van der Waals surface area (Å²) in [5, 5.41) is 36.5. The highest BCUT2D eigenvalue weighted by molar-refractivity contribution is 6.30. The normalized spacial score (nSPS) is 24.7. The van der Waals surface area contributed by atoms with Gasteiger partial charge in [0.15, 0.2) is 6.23 Å². The third-order valence-corrected chi connectivity index (χ3v) is 6.92. The molecule has 2 aromatic carbocycles. The van der Waals surface area contributed by atoms with E-state index in [4.69, 9.17) is 33.0 Å². The predicted octanol–water partition coefficient (Wildman–Crippen LogP) is 4.74. The molecule has 36 heavy (non-hydrogen) atoms. The van der Waals surface area contributed by atoms with Gasteiger partial charge in [-0.3, -0.25) is 5.32 Å². The Morgan fingerprint density at radius 1 is 1.22 bits per heavy atom. The first-order valence-electron chi connectivity index (χ1n) is 11.9. The van der Waals surface area contributed by atoms with E-state index in [-0.39, 0.29) is 24.4 Å². The first-order chi connectivity index (χ1) is 17.0. The molecule has 0 saturated carbocycles. The average Bonchev–Trinajstić information content (AvgIpc) is 3.10. The number of alkyl carbamates (subject to hydrolysis) is 1. The molecule has 1 amide bonds. The molecule has 1 aliphatic heterocycles. The van der Waals surface area contributed by atoms with Crippen LogP contribution in [0.15, 0.2) is 48.5 Å². The van der Waals surface area contributed by atoms with Gasteiger partial charge in [-0.15, -0.1) is 0 Å². The van der Waals surface area contributed by atoms with E-state index in [1.807, 2.05) is 24.3 Å². The maximum atomic E-state index is 12.7. The number of hydrogen-bond acceptors (Lipinski definition) is 6. The maximum Gasteiger partial charge on any atom is 0.408 e. The minimum atomic E-state index is -1.10. The molecular formula is C27H33Cl2N3O4. The summed E-state index contributed by atoms with van der Waals surface area (Å²) in [5.41, 5.74) is 0.290. The third-order valence-electron chi connectivity index (χ3n) is 6.43. The zero-order valence-electron chi connectivity index (χ0n) is 20.7. The van der Waals surface area contributed by atoms with Crippen LogP contribution in [0, 0.1) is 16.7 Å². The Labute approximate surface area is 222 Å². The van der Waals surface area contributed by atoms with Crippen molar-refractivity contribution in [2.45, 2.75) is 63.3 Å². The van der Waals surface area contributed by atoms with Crippen molar-refractivity contribution in [3.05, 3.63) is 69.7 Å². The zero-order valence-corrected chi connectivity index (χ0v) is 22.2. The summed E-state index contributed by atoms with van der Waals surface area (Å²) < 4.78 is 5.86. The summed E-state index contributed by atoms with van der Waals surface area (Å²) in [6.45, 7) is 6.03. The van der Waals surface area contributed by atoms with E-state index < -0.39 is 36.4 Å². The highest BCUT2D eigenvalue weighted by Gasteiger charge is 2.59. The highest BCUT2D eigenvalue weighted by Crippen LogP contribution is 2.51. The Hall–Kier alpha value is -2.34. The zero-order chi connectivity index (χ0) is 26.5. The fourth-order valence-corrected chi connectivity index (χ4v) is 5.19. The molecule has 4 N–H and O–H groups in total. The van der Waals surface area contributed by atoms with Crippen molar-refractivity contribution in [3.8, 4) is 6.07 Å². The Bertz CT molecular complexity index is 1080. The second kappa shape index (κ2) is 11.8. The molecule has 1 heterocycles. The lowest BCUT2D eigenvalue weighted by Crippen LogP contribution is -2.44. The van der Waals surface area contributed by atoms with Crippen molar-refractivity contribution >= 4 is 29.3 Å². The number of hydrogen-bond donors (Lipinski definition) is 4. The van der Waals surface area contributed by atoms with Crippen LogP contribution in [-0.4, -0.2) is 47.8 Å². The average molecular weight is 534 g/mol. The van der Waals surface area contributed by atoms with E-state index in [1.54, 1.807) is 24.3 Å². The van der Waals surface area contributed by atoms with E-state index in [0.717, 1.165) is 11.1 Å². The van der Waals surface area contributed by atoms with Gasteiger partial charge in [-0.05, 0) is 53.6 Å². The van der Waals surface area contributed by atoms with E-state index in [1.165, 1.54) is 0 Å². The molecule has 5 atom stereocenters. The molecule has 1 aliphatic rings. The summed E-state index contributed by atoms with van der Waals surface area (Å²) in [7, 11) is 0. The molecule has 0 radical (unpaired) electrons. The maximum absolute atomic E-state index is 12.7. The first-order valence-corrected chi connectivity index (χ1v) is 12.7. The van der Waals surface area contributed by atoms with Crippen LogP contribution in [0.25, 0.3) is 0 Å². The lowest BCUT2D eigenvalue weighted by molar-refractivity contribution is 0.0690. The number of nitriles is 1. The molecule has 1 fully saturated rings. The monoisotopic (exact) mass is 533 g/mol. The standard InChI is InChI=1S/C27H33Cl2N3O4/c1-26(2,3)14-22-27(16-30,18-7-9-19(28)10-8-18)23(17-5-4-6-20(29)13-17)24(32-22)36-25(35)31-12-11-21(34)15-33/h4-10,13,21-24,32-34H,11-12,14-15H2,1-3H3,(H,31,35)/t21-,22+,23+,24-,27+/m1/s1. The van der Waals surface area contributed by atoms with Gasteiger partial charge in [-0.25, -0.2) is 4.79 Å². The van der Waals surface area contributed by atoms with Crippen molar-refractivity contribution in [1.29, 1.82) is 5.26 Å². The number of nitrogens with one attached hydrogen (secondary N) is 2. The van der Waals surface area contributed by atoms with Gasteiger partial charge in [-0.1, -0.05) is 68.2 Å². The second-order valence-electron chi connectivity index (χ2n) is 10.4. The molecule has 0 bridgehead atoms. The van der Waals surface area contributed by atoms with E-state index in [9.17, 15) is 15.2 Å². The van der Waals surface area contributed by atoms with Crippen molar-refractivity contribution in [2.24, 2.45) is 5.41 Å². The van der Waals surface area contributed by atoms with Crippen molar-refractivity contribution in [2.75, 3.05) is 13.2 Å². The molecular weight excluding hydrogens is 501 g/mol. The van der Waals surface area contributed by atoms with Gasteiger partial charge in [-0.2, -0.15) is 5.26 Å². The minimum Gasteiger partial charge on any atom is -0.430 e. The quantitative estimate of drug-likeness (QED) is 0.389. The fraction of sp³-hybridized carbons (Fsp3) is 0.481. The Balaban J connectivity index is 2.06. The van der Waals surface area contributed by atoms with Crippen LogP contribution in [0.4, 0.5) is 4.79 Å². The lowest BCUT2D eigenvalue weighted by atomic mass is 9.64. The van der Waals surface area contributed by atoms with Crippen LogP contribution in [0.1, 0.15) is 50.7 Å². The van der Waals surface area contributed by atoms with Gasteiger partial charge >= 0.3 is 6.09 Å². The molecule has 3 rings (SSSR count). The van der Waals surface area contributed by atoms with Crippen molar-refractivity contribution in [3.63, 3.8) is 0 Å². The topological polar surface area (TPSA) is 115 Å². The number of benzene rings is 2. The second-order valence-corrected chi connectivity index (χ2v) is 11.3. The Morgan fingerprint density at radius 3 is 2.50 bits per heavy atom. The van der Waals surface area contributed by atoms with E-state index >= 15 is 0 Å². The van der Waals surface area contributed by atoms with Crippen LogP contribution in [0.3, 0.4) is 0 Å². The van der Waals surface area contributed by atoms with Crippen LogP contribution in [0.2, 0.25) is 10.0 Å². The molecule has 2 aromatic rings. The largest absolute Gasteiger partial charge is 0.430 e. The number of carbonyl (C=O) groups excluding carboxylic acids is 1.